The van der Waals surface area contributed by atoms with E-state index >= 15 is 0 Å². The Bertz CT molecular complexity index is 479. The minimum atomic E-state index is -0.810. The van der Waals surface area contributed by atoms with E-state index in [1.54, 1.807) is 11.0 Å². The summed E-state index contributed by atoms with van der Waals surface area (Å²) in [7, 11) is 0. The van der Waals surface area contributed by atoms with Crippen LogP contribution in [0.4, 0.5) is 8.78 Å². The van der Waals surface area contributed by atoms with E-state index in [0.717, 1.165) is 24.8 Å². The summed E-state index contributed by atoms with van der Waals surface area (Å²) in [6.07, 6.45) is 3.83. The highest BCUT2D eigenvalue weighted by atomic mass is 19.2. The summed E-state index contributed by atoms with van der Waals surface area (Å²) in [5.74, 6) is -1.23. The molecule has 2 rings (SSSR count). The summed E-state index contributed by atoms with van der Waals surface area (Å²) in [6, 6.07) is 4.05. The molecule has 4 heteroatoms. The van der Waals surface area contributed by atoms with Gasteiger partial charge in [0.05, 0.1) is 0 Å². The average molecular weight is 265 g/mol. The summed E-state index contributed by atoms with van der Waals surface area (Å²) in [4.78, 5) is 13.2. The van der Waals surface area contributed by atoms with E-state index in [4.69, 9.17) is 0 Å². The lowest BCUT2D eigenvalue weighted by Gasteiger charge is -2.31. The molecule has 1 amide bonds. The van der Waals surface area contributed by atoms with Gasteiger partial charge in [0, 0.05) is 13.1 Å². The monoisotopic (exact) mass is 265 g/mol. The fraction of sp³-hybridized carbons (Fsp3) is 0.400. The quantitative estimate of drug-likeness (QED) is 0.769. The van der Waals surface area contributed by atoms with Gasteiger partial charge in [-0.15, -0.1) is 0 Å². The minimum absolute atomic E-state index is 0.0359. The molecule has 0 atom stereocenters. The van der Waals surface area contributed by atoms with Crippen molar-refractivity contribution in [3.05, 3.63) is 48.1 Å². The molecule has 102 valence electrons. The van der Waals surface area contributed by atoms with E-state index in [2.05, 4.69) is 6.58 Å². The molecule has 0 saturated carbocycles. The molecule has 0 unspecified atom stereocenters. The Kier molecular flexibility index (Phi) is 4.30. The maximum atomic E-state index is 13.1. The predicted octanol–water partition coefficient (Wildman–Crippen LogP) is 2.93. The lowest BCUT2D eigenvalue weighted by molar-refractivity contribution is -0.127. The number of likely N-dealkylation sites (tertiary alicyclic amines) is 1. The van der Waals surface area contributed by atoms with Crippen molar-refractivity contribution in [2.45, 2.75) is 19.3 Å². The molecule has 1 aliphatic heterocycles. The fourth-order valence-electron chi connectivity index (χ4n) is 2.49. The Morgan fingerprint density at radius 1 is 1.32 bits per heavy atom. The van der Waals surface area contributed by atoms with Crippen LogP contribution in [0.15, 0.2) is 30.9 Å². The second-order valence-electron chi connectivity index (χ2n) is 4.93. The van der Waals surface area contributed by atoms with E-state index < -0.39 is 11.6 Å². The van der Waals surface area contributed by atoms with E-state index in [9.17, 15) is 13.6 Å². The number of carbonyl (C=O) groups excluding carboxylic acids is 1. The number of rotatable bonds is 3. The van der Waals surface area contributed by atoms with Gasteiger partial charge < -0.3 is 4.90 Å². The highest BCUT2D eigenvalue weighted by Crippen LogP contribution is 2.22. The lowest BCUT2D eigenvalue weighted by Crippen LogP contribution is -2.37. The van der Waals surface area contributed by atoms with E-state index in [0.29, 0.717) is 19.0 Å². The number of benzene rings is 1. The van der Waals surface area contributed by atoms with Crippen molar-refractivity contribution in [2.75, 3.05) is 13.1 Å². The Hall–Kier alpha value is -1.71. The molecule has 1 aromatic rings. The number of piperidine rings is 1. The van der Waals surface area contributed by atoms with Gasteiger partial charge in [-0.05, 0) is 49.0 Å². The van der Waals surface area contributed by atoms with Crippen molar-refractivity contribution < 1.29 is 13.6 Å². The molecule has 2 nitrogen and oxygen atoms in total. The fourth-order valence-corrected chi connectivity index (χ4v) is 2.49. The van der Waals surface area contributed by atoms with Gasteiger partial charge >= 0.3 is 0 Å². The summed E-state index contributed by atoms with van der Waals surface area (Å²) in [6.45, 7) is 4.89. The molecule has 1 aliphatic rings. The SMILES string of the molecule is C=CC(=O)N1CCC(Cc2ccc(F)c(F)c2)CC1. The first kappa shape index (κ1) is 13.7. The molecular formula is C15H17F2NO. The molecule has 0 N–H and O–H groups in total. The molecule has 0 radical (unpaired) electrons. The second kappa shape index (κ2) is 5.95. The molecule has 1 heterocycles. The second-order valence-corrected chi connectivity index (χ2v) is 4.93. The van der Waals surface area contributed by atoms with Crippen LogP contribution in [-0.4, -0.2) is 23.9 Å². The van der Waals surface area contributed by atoms with Crippen molar-refractivity contribution in [1.82, 2.24) is 4.90 Å². The molecule has 19 heavy (non-hydrogen) atoms. The molecule has 1 saturated heterocycles. The Balaban J connectivity index is 1.90. The van der Waals surface area contributed by atoms with Crippen LogP contribution in [0.25, 0.3) is 0 Å². The van der Waals surface area contributed by atoms with Gasteiger partial charge in [-0.3, -0.25) is 4.79 Å². The van der Waals surface area contributed by atoms with Crippen LogP contribution in [0.2, 0.25) is 0 Å². The van der Waals surface area contributed by atoms with Crippen LogP contribution in [0.1, 0.15) is 18.4 Å². The number of hydrogen-bond donors (Lipinski definition) is 0. The van der Waals surface area contributed by atoms with Gasteiger partial charge in [0.2, 0.25) is 5.91 Å². The van der Waals surface area contributed by atoms with Gasteiger partial charge in [-0.2, -0.15) is 0 Å². The summed E-state index contributed by atoms with van der Waals surface area (Å²) in [5.41, 5.74) is 0.812. The van der Waals surface area contributed by atoms with Crippen LogP contribution in [0.5, 0.6) is 0 Å². The Morgan fingerprint density at radius 3 is 2.58 bits per heavy atom. The first-order chi connectivity index (χ1) is 9.10. The topological polar surface area (TPSA) is 20.3 Å². The van der Waals surface area contributed by atoms with E-state index in [1.165, 1.54) is 18.2 Å². The molecule has 0 spiro atoms. The van der Waals surface area contributed by atoms with Crippen LogP contribution in [0.3, 0.4) is 0 Å². The van der Waals surface area contributed by atoms with Gasteiger partial charge in [-0.25, -0.2) is 8.78 Å². The van der Waals surface area contributed by atoms with Gasteiger partial charge in [0.1, 0.15) is 0 Å². The van der Waals surface area contributed by atoms with Crippen LogP contribution in [0, 0.1) is 17.6 Å². The maximum absolute atomic E-state index is 13.1. The Morgan fingerprint density at radius 2 is 2.00 bits per heavy atom. The standard InChI is InChI=1S/C15H17F2NO/c1-2-15(19)18-7-5-11(6-8-18)9-12-3-4-13(16)14(17)10-12/h2-4,10-11H,1,5-9H2. The van der Waals surface area contributed by atoms with Gasteiger partial charge in [0.15, 0.2) is 11.6 Å². The van der Waals surface area contributed by atoms with E-state index in [-0.39, 0.29) is 5.91 Å². The first-order valence-corrected chi connectivity index (χ1v) is 6.45. The largest absolute Gasteiger partial charge is 0.339 e. The van der Waals surface area contributed by atoms with Crippen molar-refractivity contribution in [3.8, 4) is 0 Å². The predicted molar refractivity (Wildman–Crippen MR) is 69.6 cm³/mol. The molecule has 0 bridgehead atoms. The zero-order valence-corrected chi connectivity index (χ0v) is 10.7. The smallest absolute Gasteiger partial charge is 0.245 e. The van der Waals surface area contributed by atoms with Crippen molar-refractivity contribution >= 4 is 5.91 Å². The summed E-state index contributed by atoms with van der Waals surface area (Å²) >= 11 is 0. The minimum Gasteiger partial charge on any atom is -0.339 e. The van der Waals surface area contributed by atoms with Gasteiger partial charge in [-0.1, -0.05) is 12.6 Å². The number of amides is 1. The molecule has 1 aromatic carbocycles. The van der Waals surface area contributed by atoms with Crippen LogP contribution >= 0.6 is 0 Å². The van der Waals surface area contributed by atoms with Crippen LogP contribution < -0.4 is 0 Å². The third-order valence-corrected chi connectivity index (χ3v) is 3.61. The number of carbonyl (C=O) groups is 1. The molecular weight excluding hydrogens is 248 g/mol. The first-order valence-electron chi connectivity index (χ1n) is 6.45. The van der Waals surface area contributed by atoms with Crippen molar-refractivity contribution in [1.29, 1.82) is 0 Å². The third kappa shape index (κ3) is 3.40. The number of halogens is 2. The zero-order chi connectivity index (χ0) is 13.8. The maximum Gasteiger partial charge on any atom is 0.245 e. The molecule has 1 fully saturated rings. The lowest BCUT2D eigenvalue weighted by atomic mass is 9.90. The van der Waals surface area contributed by atoms with Crippen molar-refractivity contribution in [2.24, 2.45) is 5.92 Å². The van der Waals surface area contributed by atoms with Crippen molar-refractivity contribution in [3.63, 3.8) is 0 Å². The molecule has 0 aromatic heterocycles. The number of nitrogens with zero attached hydrogens (tertiary/aromatic N) is 1. The number of hydrogen-bond acceptors (Lipinski definition) is 1. The average Bonchev–Trinajstić information content (AvgIpc) is 2.43. The zero-order valence-electron chi connectivity index (χ0n) is 10.7. The molecule has 0 aliphatic carbocycles. The highest BCUT2D eigenvalue weighted by molar-refractivity contribution is 5.87. The van der Waals surface area contributed by atoms with Gasteiger partial charge in [0.25, 0.3) is 0 Å². The summed E-state index contributed by atoms with van der Waals surface area (Å²) in [5, 5.41) is 0. The van der Waals surface area contributed by atoms with E-state index in [1.807, 2.05) is 0 Å². The summed E-state index contributed by atoms with van der Waals surface area (Å²) < 4.78 is 25.9. The highest BCUT2D eigenvalue weighted by Gasteiger charge is 2.21. The Labute approximate surface area is 111 Å². The normalized spacial score (nSPS) is 16.4. The van der Waals surface area contributed by atoms with Crippen LogP contribution in [-0.2, 0) is 11.2 Å². The third-order valence-electron chi connectivity index (χ3n) is 3.61.